The molecule has 1 saturated carbocycles. The van der Waals surface area contributed by atoms with Gasteiger partial charge in [0.15, 0.2) is 0 Å². The third-order valence-corrected chi connectivity index (χ3v) is 4.60. The van der Waals surface area contributed by atoms with E-state index in [1.807, 2.05) is 12.3 Å². The van der Waals surface area contributed by atoms with E-state index < -0.39 is 0 Å². The van der Waals surface area contributed by atoms with Crippen LogP contribution < -0.4 is 5.32 Å². The molecular formula is C18H30N2O. The first-order valence-corrected chi connectivity index (χ1v) is 8.21. The van der Waals surface area contributed by atoms with Gasteiger partial charge in [-0.2, -0.15) is 0 Å². The van der Waals surface area contributed by atoms with Gasteiger partial charge in [-0.3, -0.25) is 4.98 Å². The number of aliphatic hydroxyl groups excluding tert-OH is 1. The van der Waals surface area contributed by atoms with E-state index in [1.165, 1.54) is 12.8 Å². The Bertz CT molecular complexity index is 426. The molecule has 1 heterocycles. The third-order valence-electron chi connectivity index (χ3n) is 4.60. The largest absolute Gasteiger partial charge is 0.392 e. The summed E-state index contributed by atoms with van der Waals surface area (Å²) in [5.41, 5.74) is 1.05. The molecule has 0 bridgehead atoms. The minimum atomic E-state index is -0.278. The van der Waals surface area contributed by atoms with Crippen molar-refractivity contribution in [3.63, 3.8) is 0 Å². The topological polar surface area (TPSA) is 45.1 Å². The molecule has 2 atom stereocenters. The van der Waals surface area contributed by atoms with Gasteiger partial charge in [0, 0.05) is 36.3 Å². The average molecular weight is 290 g/mol. The predicted octanol–water partition coefficient (Wildman–Crippen LogP) is 3.04. The molecule has 0 aliphatic heterocycles. The summed E-state index contributed by atoms with van der Waals surface area (Å²) >= 11 is 0. The van der Waals surface area contributed by atoms with Gasteiger partial charge in [0.1, 0.15) is 0 Å². The van der Waals surface area contributed by atoms with Gasteiger partial charge < -0.3 is 10.4 Å². The molecule has 0 radical (unpaired) electrons. The highest BCUT2D eigenvalue weighted by atomic mass is 16.3. The molecule has 1 aliphatic rings. The fraction of sp³-hybridized carbons (Fsp3) is 0.722. The molecule has 0 aromatic carbocycles. The third kappa shape index (κ3) is 4.79. The van der Waals surface area contributed by atoms with Crippen molar-refractivity contribution in [1.82, 2.24) is 10.3 Å². The van der Waals surface area contributed by atoms with Crippen LogP contribution in [0, 0.1) is 17.3 Å². The van der Waals surface area contributed by atoms with Crippen molar-refractivity contribution in [2.24, 2.45) is 17.3 Å². The van der Waals surface area contributed by atoms with Crippen molar-refractivity contribution in [3.05, 3.63) is 30.1 Å². The van der Waals surface area contributed by atoms with Crippen LogP contribution in [0.1, 0.15) is 46.2 Å². The second-order valence-electron chi connectivity index (χ2n) is 7.53. The van der Waals surface area contributed by atoms with Gasteiger partial charge in [-0.15, -0.1) is 0 Å². The van der Waals surface area contributed by atoms with E-state index in [0.29, 0.717) is 6.04 Å². The van der Waals surface area contributed by atoms with Gasteiger partial charge in [-0.1, -0.05) is 33.8 Å². The summed E-state index contributed by atoms with van der Waals surface area (Å²) in [6.45, 7) is 9.31. The van der Waals surface area contributed by atoms with Crippen LogP contribution in [0.2, 0.25) is 0 Å². The maximum atomic E-state index is 10.4. The average Bonchev–Trinajstić information content (AvgIpc) is 3.28. The second-order valence-corrected chi connectivity index (χ2v) is 7.53. The van der Waals surface area contributed by atoms with E-state index >= 15 is 0 Å². The zero-order chi connectivity index (χ0) is 15.5. The van der Waals surface area contributed by atoms with E-state index in [0.717, 1.165) is 24.6 Å². The van der Waals surface area contributed by atoms with Crippen LogP contribution in [0.4, 0.5) is 0 Å². The highest BCUT2D eigenvalue weighted by Gasteiger charge is 2.35. The summed E-state index contributed by atoms with van der Waals surface area (Å²) in [6, 6.07) is 6.60. The van der Waals surface area contributed by atoms with Gasteiger partial charge in [-0.05, 0) is 36.8 Å². The lowest BCUT2D eigenvalue weighted by Crippen LogP contribution is -2.46. The number of pyridine rings is 1. The van der Waals surface area contributed by atoms with Crippen LogP contribution in [-0.4, -0.2) is 28.8 Å². The van der Waals surface area contributed by atoms with Crippen molar-refractivity contribution in [1.29, 1.82) is 0 Å². The maximum absolute atomic E-state index is 10.4. The zero-order valence-corrected chi connectivity index (χ0v) is 13.8. The van der Waals surface area contributed by atoms with Crippen molar-refractivity contribution >= 4 is 0 Å². The summed E-state index contributed by atoms with van der Waals surface area (Å²) in [4.78, 5) is 4.45. The minimum Gasteiger partial charge on any atom is -0.392 e. The second kappa shape index (κ2) is 6.89. The lowest BCUT2D eigenvalue weighted by molar-refractivity contribution is 0.0117. The fourth-order valence-electron chi connectivity index (χ4n) is 3.05. The van der Waals surface area contributed by atoms with Crippen molar-refractivity contribution in [3.8, 4) is 0 Å². The Kier molecular flexibility index (Phi) is 5.39. The van der Waals surface area contributed by atoms with Crippen LogP contribution in [-0.2, 0) is 6.42 Å². The van der Waals surface area contributed by atoms with Crippen molar-refractivity contribution in [2.45, 2.75) is 59.1 Å². The van der Waals surface area contributed by atoms with Gasteiger partial charge in [0.05, 0.1) is 6.10 Å². The van der Waals surface area contributed by atoms with E-state index in [4.69, 9.17) is 0 Å². The Morgan fingerprint density at radius 1 is 1.33 bits per heavy atom. The van der Waals surface area contributed by atoms with Crippen LogP contribution >= 0.6 is 0 Å². The normalized spacial score (nSPS) is 18.8. The molecule has 1 fully saturated rings. The SMILES string of the molecule is CC(C)C(O)C(C)(C)CNC(Cc1ccccn1)C1CC1. The number of nitrogens with one attached hydrogen (secondary N) is 1. The molecule has 2 unspecified atom stereocenters. The van der Waals surface area contributed by atoms with E-state index in [2.05, 4.69) is 50.1 Å². The molecule has 1 aromatic rings. The first-order valence-electron chi connectivity index (χ1n) is 8.21. The number of hydrogen-bond acceptors (Lipinski definition) is 3. The minimum absolute atomic E-state index is 0.106. The lowest BCUT2D eigenvalue weighted by atomic mass is 9.80. The Labute approximate surface area is 129 Å². The van der Waals surface area contributed by atoms with Gasteiger partial charge in [0.25, 0.3) is 0 Å². The van der Waals surface area contributed by atoms with Gasteiger partial charge in [0.2, 0.25) is 0 Å². The van der Waals surface area contributed by atoms with E-state index in [-0.39, 0.29) is 17.4 Å². The molecule has 1 aliphatic carbocycles. The first kappa shape index (κ1) is 16.4. The molecule has 0 saturated heterocycles. The molecule has 118 valence electrons. The molecule has 1 aromatic heterocycles. The van der Waals surface area contributed by atoms with Crippen LogP contribution in [0.5, 0.6) is 0 Å². The lowest BCUT2D eigenvalue weighted by Gasteiger charge is -2.35. The fourth-order valence-corrected chi connectivity index (χ4v) is 3.05. The summed E-state index contributed by atoms with van der Waals surface area (Å²) in [5.74, 6) is 1.07. The molecular weight excluding hydrogens is 260 g/mol. The molecule has 2 rings (SSSR count). The first-order chi connectivity index (χ1) is 9.90. The predicted molar refractivity (Wildman–Crippen MR) is 87.1 cm³/mol. The molecule has 3 nitrogen and oxygen atoms in total. The number of aliphatic hydroxyl groups is 1. The number of nitrogens with zero attached hydrogens (tertiary/aromatic N) is 1. The molecule has 3 heteroatoms. The zero-order valence-electron chi connectivity index (χ0n) is 13.8. The quantitative estimate of drug-likeness (QED) is 0.773. The van der Waals surface area contributed by atoms with Crippen LogP contribution in [0.15, 0.2) is 24.4 Å². The number of rotatable bonds is 8. The monoisotopic (exact) mass is 290 g/mol. The van der Waals surface area contributed by atoms with Crippen molar-refractivity contribution < 1.29 is 5.11 Å². The molecule has 0 amide bonds. The number of hydrogen-bond donors (Lipinski definition) is 2. The summed E-state index contributed by atoms with van der Waals surface area (Å²) in [6.07, 6.45) is 5.21. The summed E-state index contributed by atoms with van der Waals surface area (Å²) in [5, 5.41) is 14.1. The Balaban J connectivity index is 1.92. The van der Waals surface area contributed by atoms with Gasteiger partial charge >= 0.3 is 0 Å². The highest BCUT2D eigenvalue weighted by Crippen LogP contribution is 2.35. The Morgan fingerprint density at radius 2 is 2.05 bits per heavy atom. The molecule has 21 heavy (non-hydrogen) atoms. The van der Waals surface area contributed by atoms with Crippen molar-refractivity contribution in [2.75, 3.05) is 6.54 Å². The summed E-state index contributed by atoms with van der Waals surface area (Å²) < 4.78 is 0. The highest BCUT2D eigenvalue weighted by molar-refractivity contribution is 5.07. The van der Waals surface area contributed by atoms with Crippen LogP contribution in [0.3, 0.4) is 0 Å². The van der Waals surface area contributed by atoms with Crippen LogP contribution in [0.25, 0.3) is 0 Å². The Hall–Kier alpha value is -0.930. The van der Waals surface area contributed by atoms with E-state index in [9.17, 15) is 5.11 Å². The molecule has 0 spiro atoms. The van der Waals surface area contributed by atoms with Gasteiger partial charge in [-0.25, -0.2) is 0 Å². The number of aromatic nitrogens is 1. The Morgan fingerprint density at radius 3 is 2.57 bits per heavy atom. The van der Waals surface area contributed by atoms with E-state index in [1.54, 1.807) is 0 Å². The smallest absolute Gasteiger partial charge is 0.0626 e. The summed E-state index contributed by atoms with van der Waals surface area (Å²) in [7, 11) is 0. The standard InChI is InChI=1S/C18H30N2O/c1-13(2)17(21)18(3,4)12-20-16(14-8-9-14)11-15-7-5-6-10-19-15/h5-7,10,13-14,16-17,20-21H,8-9,11-12H2,1-4H3. The maximum Gasteiger partial charge on any atom is 0.0626 e. The molecule has 2 N–H and O–H groups in total.